The van der Waals surface area contributed by atoms with E-state index in [-0.39, 0.29) is 11.8 Å². The number of aliphatic hydroxyl groups is 2. The molecule has 0 spiro atoms. The number of aromatic nitrogens is 4. The standard InChI is InChI=1S/C35H46N8O5.C2HF3O2/c1-6-29(44)38-27-17-28(32(46)31(27)45)43-20-37-30-33(39-35(40-34(30)43)42-16-15-23(19-42)41(2)3)36-18-26(21-7-11-24(47-4)12-8-21)22-9-13-25(48-5)14-10-22;3-2(4,5)1(6)7/h7-14,20,23,26-28,31-32,45-46H,6,15-19H2,1-5H3,(H,38,44)(H,36,39,40);(H,6,7)/t23-,27+,28-,31-,32+;/m1./s1. The number of aliphatic carboxylic acids is 1. The molecule has 1 aliphatic heterocycles. The van der Waals surface area contributed by atoms with Crippen molar-refractivity contribution in [3.8, 4) is 11.5 Å². The van der Waals surface area contributed by atoms with Crippen LogP contribution in [0.1, 0.15) is 49.3 Å². The highest BCUT2D eigenvalue weighted by Crippen LogP contribution is 2.36. The summed E-state index contributed by atoms with van der Waals surface area (Å²) in [5.41, 5.74) is 3.32. The molecule has 0 radical (unpaired) electrons. The molecule has 3 heterocycles. The zero-order chi connectivity index (χ0) is 40.0. The summed E-state index contributed by atoms with van der Waals surface area (Å²) in [6, 6.07) is 15.4. The molecular weight excluding hydrogens is 725 g/mol. The Morgan fingerprint density at radius 1 is 0.982 bits per heavy atom. The SMILES string of the molecule is CCC(=O)N[C@H]1C[C@@H](n2cnc3c(NCC(c4ccc(OC)cc4)c4ccc(OC)cc4)nc(N4CC[C@@H](N(C)C)C4)nc32)[C@H](O)[C@@H]1O.O=C(O)C(F)(F)F. The number of carboxylic acid groups (broad SMARTS) is 1. The predicted molar refractivity (Wildman–Crippen MR) is 198 cm³/mol. The minimum absolute atomic E-state index is 0.0444. The van der Waals surface area contributed by atoms with Crippen molar-refractivity contribution >= 4 is 34.8 Å². The Bertz CT molecular complexity index is 1860. The number of fused-ring (bicyclic) bond motifs is 1. The van der Waals surface area contributed by atoms with Crippen LogP contribution in [0.25, 0.3) is 11.2 Å². The van der Waals surface area contributed by atoms with E-state index in [1.54, 1.807) is 27.5 Å². The molecule has 1 aliphatic carbocycles. The predicted octanol–water partition coefficient (Wildman–Crippen LogP) is 3.42. The third kappa shape index (κ3) is 9.55. The van der Waals surface area contributed by atoms with Crippen LogP contribution in [0.2, 0.25) is 0 Å². The molecule has 6 rings (SSSR count). The van der Waals surface area contributed by atoms with Crippen molar-refractivity contribution in [2.75, 3.05) is 58.2 Å². The number of benzene rings is 2. The minimum Gasteiger partial charge on any atom is -0.497 e. The minimum atomic E-state index is -5.08. The highest BCUT2D eigenvalue weighted by atomic mass is 19.4. The second kappa shape index (κ2) is 17.5. The zero-order valence-electron chi connectivity index (χ0n) is 31.2. The number of methoxy groups -OCH3 is 2. The Hall–Kier alpha value is -5.20. The van der Waals surface area contributed by atoms with E-state index in [0.717, 1.165) is 42.1 Å². The fraction of sp³-hybridized carbons (Fsp3) is 0.486. The van der Waals surface area contributed by atoms with Crippen LogP contribution in [-0.2, 0) is 9.59 Å². The van der Waals surface area contributed by atoms with Gasteiger partial charge in [-0.2, -0.15) is 23.1 Å². The molecule has 1 amide bonds. The fourth-order valence-corrected chi connectivity index (χ4v) is 6.79. The van der Waals surface area contributed by atoms with Crippen molar-refractivity contribution in [1.82, 2.24) is 29.7 Å². The quantitative estimate of drug-likeness (QED) is 0.141. The number of ether oxygens (including phenoxy) is 2. The molecule has 1 saturated heterocycles. The van der Waals surface area contributed by atoms with E-state index in [1.807, 2.05) is 28.8 Å². The summed E-state index contributed by atoms with van der Waals surface area (Å²) >= 11 is 0. The fourth-order valence-electron chi connectivity index (χ4n) is 6.79. The Labute approximate surface area is 316 Å². The summed E-state index contributed by atoms with van der Waals surface area (Å²) in [6.45, 7) is 3.85. The van der Waals surface area contributed by atoms with Gasteiger partial charge >= 0.3 is 12.1 Å². The Morgan fingerprint density at radius 2 is 1.56 bits per heavy atom. The second-order valence-electron chi connectivity index (χ2n) is 13.6. The topological polar surface area (TPSA) is 187 Å². The van der Waals surface area contributed by atoms with E-state index in [2.05, 4.69) is 58.8 Å². The normalized spacial score (nSPS) is 21.1. The molecule has 0 unspecified atom stereocenters. The van der Waals surface area contributed by atoms with Crippen molar-refractivity contribution in [1.29, 1.82) is 0 Å². The van der Waals surface area contributed by atoms with E-state index >= 15 is 0 Å². The Balaban J connectivity index is 0.000000757. The molecule has 2 fully saturated rings. The van der Waals surface area contributed by atoms with Crippen LogP contribution in [0.15, 0.2) is 54.9 Å². The van der Waals surface area contributed by atoms with Crippen molar-refractivity contribution < 1.29 is 47.6 Å². The third-order valence-electron chi connectivity index (χ3n) is 10.0. The first-order valence-corrected chi connectivity index (χ1v) is 17.8. The largest absolute Gasteiger partial charge is 0.497 e. The molecule has 18 heteroatoms. The molecule has 0 bridgehead atoms. The lowest BCUT2D eigenvalue weighted by Gasteiger charge is -2.23. The average molecular weight is 773 g/mol. The van der Waals surface area contributed by atoms with E-state index < -0.39 is 36.4 Å². The molecule has 5 N–H and O–H groups in total. The number of amides is 1. The maximum atomic E-state index is 12.2. The second-order valence-corrected chi connectivity index (χ2v) is 13.6. The van der Waals surface area contributed by atoms with Crippen LogP contribution < -0.4 is 25.0 Å². The van der Waals surface area contributed by atoms with Gasteiger partial charge in [0.05, 0.1) is 32.6 Å². The number of rotatable bonds is 12. The Kier molecular flexibility index (Phi) is 13.0. The lowest BCUT2D eigenvalue weighted by Crippen LogP contribution is -2.42. The summed E-state index contributed by atoms with van der Waals surface area (Å²) in [7, 11) is 7.48. The van der Waals surface area contributed by atoms with E-state index in [0.29, 0.717) is 48.4 Å². The van der Waals surface area contributed by atoms with Crippen molar-refractivity contribution in [2.45, 2.75) is 68.6 Å². The van der Waals surface area contributed by atoms with Gasteiger partial charge in [-0.15, -0.1) is 0 Å². The van der Waals surface area contributed by atoms with Crippen molar-refractivity contribution in [2.24, 2.45) is 0 Å². The van der Waals surface area contributed by atoms with Gasteiger partial charge in [0.2, 0.25) is 11.9 Å². The van der Waals surface area contributed by atoms with Crippen LogP contribution in [0.3, 0.4) is 0 Å². The van der Waals surface area contributed by atoms with Gasteiger partial charge < -0.3 is 49.8 Å². The first-order chi connectivity index (χ1) is 26.1. The number of hydrogen-bond acceptors (Lipinski definition) is 12. The summed E-state index contributed by atoms with van der Waals surface area (Å²) in [5, 5.41) is 35.6. The monoisotopic (exact) mass is 772 g/mol. The molecule has 298 valence electrons. The highest BCUT2D eigenvalue weighted by Gasteiger charge is 2.44. The molecule has 55 heavy (non-hydrogen) atoms. The summed E-state index contributed by atoms with van der Waals surface area (Å²) in [4.78, 5) is 40.2. The zero-order valence-corrected chi connectivity index (χ0v) is 31.2. The van der Waals surface area contributed by atoms with Gasteiger partial charge in [-0.1, -0.05) is 31.2 Å². The number of carbonyl (C=O) groups excluding carboxylic acids is 1. The van der Waals surface area contributed by atoms with E-state index in [9.17, 15) is 28.2 Å². The number of imidazole rings is 1. The van der Waals surface area contributed by atoms with Gasteiger partial charge in [-0.3, -0.25) is 4.79 Å². The van der Waals surface area contributed by atoms with Gasteiger partial charge in [-0.25, -0.2) is 9.78 Å². The number of hydrogen-bond donors (Lipinski definition) is 5. The van der Waals surface area contributed by atoms with Crippen LogP contribution in [0.5, 0.6) is 11.5 Å². The number of likely N-dealkylation sites (N-methyl/N-ethyl adjacent to an activating group) is 1. The maximum absolute atomic E-state index is 12.2. The maximum Gasteiger partial charge on any atom is 0.490 e. The number of carbonyl (C=O) groups is 2. The summed E-state index contributed by atoms with van der Waals surface area (Å²) < 4.78 is 44.4. The summed E-state index contributed by atoms with van der Waals surface area (Å²) in [5.74, 6) is -0.255. The highest BCUT2D eigenvalue weighted by molar-refractivity contribution is 5.84. The number of halogens is 3. The van der Waals surface area contributed by atoms with Crippen LogP contribution in [-0.4, -0.2) is 130 Å². The van der Waals surface area contributed by atoms with E-state index in [4.69, 9.17) is 34.3 Å². The number of aliphatic hydroxyl groups excluding tert-OH is 2. The number of nitrogens with zero attached hydrogens (tertiary/aromatic N) is 6. The lowest BCUT2D eigenvalue weighted by atomic mass is 9.91. The number of carboxylic acids is 1. The molecule has 15 nitrogen and oxygen atoms in total. The molecule has 5 atom stereocenters. The van der Waals surface area contributed by atoms with Crippen molar-refractivity contribution in [3.63, 3.8) is 0 Å². The summed E-state index contributed by atoms with van der Waals surface area (Å²) in [6.07, 6.45) is -4.04. The smallest absolute Gasteiger partial charge is 0.490 e. The van der Waals surface area contributed by atoms with Gasteiger partial charge in [0, 0.05) is 38.0 Å². The average Bonchev–Trinajstić information content (AvgIpc) is 3.90. The van der Waals surface area contributed by atoms with Gasteiger partial charge in [0.25, 0.3) is 0 Å². The van der Waals surface area contributed by atoms with Crippen LogP contribution >= 0.6 is 0 Å². The molecule has 4 aromatic rings. The van der Waals surface area contributed by atoms with Gasteiger partial charge in [0.1, 0.15) is 23.7 Å². The van der Waals surface area contributed by atoms with Gasteiger partial charge in [-0.05, 0) is 62.3 Å². The molecule has 2 aromatic heterocycles. The lowest BCUT2D eigenvalue weighted by molar-refractivity contribution is -0.192. The number of nitrogens with one attached hydrogen (secondary N) is 2. The van der Waals surface area contributed by atoms with Crippen LogP contribution in [0.4, 0.5) is 24.9 Å². The first-order valence-electron chi connectivity index (χ1n) is 17.8. The van der Waals surface area contributed by atoms with Crippen LogP contribution in [0, 0.1) is 0 Å². The first kappa shape index (κ1) is 41.0. The van der Waals surface area contributed by atoms with Crippen molar-refractivity contribution in [3.05, 3.63) is 66.0 Å². The van der Waals surface area contributed by atoms with Gasteiger partial charge in [0.15, 0.2) is 17.0 Å². The molecule has 2 aliphatic rings. The third-order valence-corrected chi connectivity index (χ3v) is 10.0. The van der Waals surface area contributed by atoms with E-state index in [1.165, 1.54) is 0 Å². The molecule has 2 aromatic carbocycles. The molecular formula is C37H47F3N8O7. The Morgan fingerprint density at radius 3 is 2.05 bits per heavy atom. The number of anilines is 2. The number of alkyl halides is 3. The molecule has 1 saturated carbocycles.